The van der Waals surface area contributed by atoms with Gasteiger partial charge in [0.25, 0.3) is 5.56 Å². The van der Waals surface area contributed by atoms with Crippen LogP contribution in [0.5, 0.6) is 17.2 Å². The van der Waals surface area contributed by atoms with E-state index in [1.807, 2.05) is 48.5 Å². The van der Waals surface area contributed by atoms with Crippen LogP contribution in [0.1, 0.15) is 44.1 Å². The Hall–Kier alpha value is -3.32. The lowest BCUT2D eigenvalue weighted by Crippen LogP contribution is -2.26. The van der Waals surface area contributed by atoms with Crippen molar-refractivity contribution in [3.63, 3.8) is 0 Å². The van der Waals surface area contributed by atoms with E-state index in [4.69, 9.17) is 19.2 Å². The summed E-state index contributed by atoms with van der Waals surface area (Å²) in [6.45, 7) is 7.98. The van der Waals surface area contributed by atoms with Gasteiger partial charge < -0.3 is 19.2 Å². The van der Waals surface area contributed by atoms with Crippen LogP contribution >= 0.6 is 11.3 Å². The molecule has 1 aliphatic rings. The largest absolute Gasteiger partial charge is 0.493 e. The third kappa shape index (κ3) is 5.52. The van der Waals surface area contributed by atoms with E-state index in [-0.39, 0.29) is 11.0 Å². The molecule has 1 atom stereocenters. The highest BCUT2D eigenvalue weighted by Crippen LogP contribution is 2.42. The van der Waals surface area contributed by atoms with Crippen molar-refractivity contribution in [2.45, 2.75) is 46.5 Å². The standard InChI is InChI=1S/C30H34N2O4S/c1-30(2,3)20-12-13-22-25(18-20)37-29-26(22)28(33)31-27(32-29)19-11-14-23(24(17-19)34-4)36-16-8-15-35-21-9-6-5-7-10-21/h5-7,9-11,14,17,20H,8,12-13,15-16,18H2,1-4H3,(H,31,32,33)/t20-/m1/s1. The number of hydrogen-bond donors (Lipinski definition) is 1. The van der Waals surface area contributed by atoms with Crippen molar-refractivity contribution in [3.05, 3.63) is 69.3 Å². The minimum absolute atomic E-state index is 0.0654. The van der Waals surface area contributed by atoms with Crippen LogP contribution in [0.25, 0.3) is 21.6 Å². The smallest absolute Gasteiger partial charge is 0.260 e. The number of fused-ring (bicyclic) bond motifs is 3. The Morgan fingerprint density at radius 1 is 1.05 bits per heavy atom. The Labute approximate surface area is 221 Å². The number of ether oxygens (including phenoxy) is 3. The molecular weight excluding hydrogens is 484 g/mol. The molecule has 1 N–H and O–H groups in total. The maximum absolute atomic E-state index is 13.2. The van der Waals surface area contributed by atoms with Gasteiger partial charge in [-0.05, 0) is 66.5 Å². The molecule has 37 heavy (non-hydrogen) atoms. The molecule has 0 unspecified atom stereocenters. The van der Waals surface area contributed by atoms with Crippen LogP contribution in [0, 0.1) is 11.3 Å². The number of thiophene rings is 1. The van der Waals surface area contributed by atoms with Gasteiger partial charge in [-0.15, -0.1) is 11.3 Å². The summed E-state index contributed by atoms with van der Waals surface area (Å²) in [4.78, 5) is 23.2. The van der Waals surface area contributed by atoms with Crippen LogP contribution < -0.4 is 19.8 Å². The Bertz CT molecular complexity index is 1440. The highest BCUT2D eigenvalue weighted by Gasteiger charge is 2.31. The lowest BCUT2D eigenvalue weighted by molar-refractivity contribution is 0.218. The number of para-hydroxylation sites is 1. The average Bonchev–Trinajstić information content (AvgIpc) is 3.27. The first-order chi connectivity index (χ1) is 17.8. The molecule has 7 heteroatoms. The first-order valence-corrected chi connectivity index (χ1v) is 13.7. The Morgan fingerprint density at radius 3 is 2.59 bits per heavy atom. The number of nitrogens with one attached hydrogen (secondary N) is 1. The minimum atomic E-state index is -0.0654. The molecule has 4 aromatic rings. The number of H-pyrrole nitrogens is 1. The normalized spacial score (nSPS) is 15.4. The van der Waals surface area contributed by atoms with E-state index in [0.29, 0.717) is 36.5 Å². The van der Waals surface area contributed by atoms with Crippen LogP contribution in [0.3, 0.4) is 0 Å². The quantitative estimate of drug-likeness (QED) is 0.264. The van der Waals surface area contributed by atoms with Crippen LogP contribution in [-0.4, -0.2) is 30.3 Å². The fraction of sp³-hybridized carbons (Fsp3) is 0.400. The van der Waals surface area contributed by atoms with E-state index in [2.05, 4.69) is 25.8 Å². The number of nitrogens with zero attached hydrogens (tertiary/aromatic N) is 1. The summed E-state index contributed by atoms with van der Waals surface area (Å²) in [7, 11) is 1.61. The van der Waals surface area contributed by atoms with Crippen molar-refractivity contribution in [2.24, 2.45) is 11.3 Å². The lowest BCUT2D eigenvalue weighted by atomic mass is 9.72. The van der Waals surface area contributed by atoms with Gasteiger partial charge in [-0.1, -0.05) is 39.0 Å². The molecule has 0 radical (unpaired) electrons. The second-order valence-corrected chi connectivity index (χ2v) is 11.7. The zero-order valence-electron chi connectivity index (χ0n) is 21.9. The number of benzene rings is 2. The molecule has 0 saturated carbocycles. The van der Waals surface area contributed by atoms with Crippen molar-refractivity contribution in [2.75, 3.05) is 20.3 Å². The highest BCUT2D eigenvalue weighted by molar-refractivity contribution is 7.18. The minimum Gasteiger partial charge on any atom is -0.493 e. The highest BCUT2D eigenvalue weighted by atomic mass is 32.1. The van der Waals surface area contributed by atoms with Crippen molar-refractivity contribution >= 4 is 21.6 Å². The van der Waals surface area contributed by atoms with Gasteiger partial charge in [-0.3, -0.25) is 4.79 Å². The average molecular weight is 519 g/mol. The van der Waals surface area contributed by atoms with E-state index in [9.17, 15) is 4.79 Å². The van der Waals surface area contributed by atoms with Crippen LogP contribution in [0.4, 0.5) is 0 Å². The maximum Gasteiger partial charge on any atom is 0.260 e. The molecular formula is C30H34N2O4S. The van der Waals surface area contributed by atoms with E-state index < -0.39 is 0 Å². The molecule has 2 heterocycles. The summed E-state index contributed by atoms with van der Waals surface area (Å²) in [5, 5.41) is 0.765. The Kier molecular flexibility index (Phi) is 7.24. The van der Waals surface area contributed by atoms with Gasteiger partial charge in [0, 0.05) is 16.9 Å². The predicted molar refractivity (Wildman–Crippen MR) is 149 cm³/mol. The van der Waals surface area contributed by atoms with Crippen LogP contribution in [-0.2, 0) is 12.8 Å². The second kappa shape index (κ2) is 10.6. The number of aromatic amines is 1. The second-order valence-electron chi connectivity index (χ2n) is 10.6. The molecule has 0 fully saturated rings. The number of aromatic nitrogens is 2. The van der Waals surface area contributed by atoms with Gasteiger partial charge in [0.2, 0.25) is 0 Å². The van der Waals surface area contributed by atoms with Crippen molar-refractivity contribution < 1.29 is 14.2 Å². The molecule has 0 bridgehead atoms. The first kappa shape index (κ1) is 25.3. The van der Waals surface area contributed by atoms with E-state index >= 15 is 0 Å². The van der Waals surface area contributed by atoms with Crippen molar-refractivity contribution in [1.29, 1.82) is 0 Å². The first-order valence-electron chi connectivity index (χ1n) is 12.9. The number of rotatable bonds is 8. The third-order valence-electron chi connectivity index (χ3n) is 7.14. The third-order valence-corrected chi connectivity index (χ3v) is 8.29. The summed E-state index contributed by atoms with van der Waals surface area (Å²) in [5.41, 5.74) is 2.17. The molecule has 0 spiro atoms. The monoisotopic (exact) mass is 518 g/mol. The number of hydrogen-bond acceptors (Lipinski definition) is 6. The molecule has 0 saturated heterocycles. The summed E-state index contributed by atoms with van der Waals surface area (Å²) >= 11 is 1.67. The SMILES string of the molecule is COc1cc(-c2nc3sc4c(c3c(=O)[nH]2)CC[C@@H](C(C)(C)C)C4)ccc1OCCCOc1ccccc1. The summed E-state index contributed by atoms with van der Waals surface area (Å²) in [6, 6.07) is 15.4. The van der Waals surface area contributed by atoms with Gasteiger partial charge in [-0.2, -0.15) is 0 Å². The fourth-order valence-corrected chi connectivity index (χ4v) is 6.24. The van der Waals surface area contributed by atoms with Gasteiger partial charge >= 0.3 is 0 Å². The zero-order valence-corrected chi connectivity index (χ0v) is 22.7. The molecule has 2 aromatic heterocycles. The number of methoxy groups -OCH3 is 1. The van der Waals surface area contributed by atoms with Gasteiger partial charge in [-0.25, -0.2) is 4.98 Å². The van der Waals surface area contributed by atoms with Crippen molar-refractivity contribution in [3.8, 4) is 28.6 Å². The Balaban J connectivity index is 1.31. The Morgan fingerprint density at radius 2 is 1.84 bits per heavy atom. The van der Waals surface area contributed by atoms with Crippen LogP contribution in [0.2, 0.25) is 0 Å². The summed E-state index contributed by atoms with van der Waals surface area (Å²) in [6.07, 6.45) is 3.81. The predicted octanol–water partition coefficient (Wildman–Crippen LogP) is 6.66. The molecule has 1 aliphatic carbocycles. The molecule has 5 rings (SSSR count). The van der Waals surface area contributed by atoms with E-state index in [0.717, 1.165) is 47.2 Å². The van der Waals surface area contributed by atoms with Crippen molar-refractivity contribution in [1.82, 2.24) is 9.97 Å². The molecule has 6 nitrogen and oxygen atoms in total. The fourth-order valence-electron chi connectivity index (χ4n) is 4.94. The van der Waals surface area contributed by atoms with Gasteiger partial charge in [0.1, 0.15) is 16.4 Å². The molecule has 0 aliphatic heterocycles. The summed E-state index contributed by atoms with van der Waals surface area (Å²) < 4.78 is 17.3. The molecule has 0 amide bonds. The lowest BCUT2D eigenvalue weighted by Gasteiger charge is -2.33. The topological polar surface area (TPSA) is 73.4 Å². The van der Waals surface area contributed by atoms with Gasteiger partial charge in [0.15, 0.2) is 11.5 Å². The van der Waals surface area contributed by atoms with Crippen LogP contribution in [0.15, 0.2) is 53.3 Å². The number of aryl methyl sites for hydroxylation is 1. The molecule has 194 valence electrons. The zero-order chi connectivity index (χ0) is 26.0. The summed E-state index contributed by atoms with van der Waals surface area (Å²) in [5.74, 6) is 3.26. The molecule has 2 aromatic carbocycles. The van der Waals surface area contributed by atoms with Gasteiger partial charge in [0.05, 0.1) is 25.7 Å². The van der Waals surface area contributed by atoms with E-state index in [1.165, 1.54) is 10.4 Å². The van der Waals surface area contributed by atoms with E-state index in [1.54, 1.807) is 18.4 Å². The maximum atomic E-state index is 13.2.